The number of aromatic nitrogens is 3. The molecule has 21 heavy (non-hydrogen) atoms. The van der Waals surface area contributed by atoms with Crippen LogP contribution in [0, 0.1) is 0 Å². The predicted octanol–water partition coefficient (Wildman–Crippen LogP) is 0.930. The molecule has 8 heteroatoms. The number of anilines is 1. The molecule has 0 amide bonds. The molecule has 0 bridgehead atoms. The Labute approximate surface area is 128 Å². The summed E-state index contributed by atoms with van der Waals surface area (Å²) in [6.45, 7) is 5.10. The molecule has 1 N–H and O–H groups in total. The maximum atomic E-state index is 10.8. The first kappa shape index (κ1) is 14.6. The van der Waals surface area contributed by atoms with Crippen molar-refractivity contribution in [3.63, 3.8) is 0 Å². The molecule has 1 aliphatic carbocycles. The van der Waals surface area contributed by atoms with Gasteiger partial charge in [0, 0.05) is 31.7 Å². The van der Waals surface area contributed by atoms with E-state index in [4.69, 9.17) is 5.11 Å². The molecular weight excluding hydrogens is 290 g/mol. The van der Waals surface area contributed by atoms with Crippen molar-refractivity contribution in [2.24, 2.45) is 0 Å². The van der Waals surface area contributed by atoms with E-state index in [0.29, 0.717) is 12.1 Å². The Hall–Kier alpha value is -1.28. The number of carboxylic acids is 1. The van der Waals surface area contributed by atoms with Crippen LogP contribution >= 0.6 is 11.8 Å². The van der Waals surface area contributed by atoms with Gasteiger partial charge in [-0.3, -0.25) is 9.36 Å². The van der Waals surface area contributed by atoms with Gasteiger partial charge in [0.2, 0.25) is 5.95 Å². The van der Waals surface area contributed by atoms with E-state index in [0.717, 1.165) is 43.6 Å². The van der Waals surface area contributed by atoms with Gasteiger partial charge in [-0.15, -0.1) is 10.2 Å². The first-order chi connectivity index (χ1) is 10.1. The minimum atomic E-state index is -0.819. The van der Waals surface area contributed by atoms with E-state index in [-0.39, 0.29) is 5.75 Å². The molecule has 1 saturated heterocycles. The van der Waals surface area contributed by atoms with E-state index in [1.807, 2.05) is 0 Å². The van der Waals surface area contributed by atoms with E-state index in [1.165, 1.54) is 11.8 Å². The molecule has 2 fully saturated rings. The molecule has 2 heterocycles. The Morgan fingerprint density at radius 2 is 2.14 bits per heavy atom. The predicted molar refractivity (Wildman–Crippen MR) is 81.0 cm³/mol. The molecule has 7 nitrogen and oxygen atoms in total. The molecule has 1 aliphatic heterocycles. The number of carbonyl (C=O) groups is 1. The van der Waals surface area contributed by atoms with Crippen LogP contribution in [0.1, 0.15) is 25.8 Å². The summed E-state index contributed by atoms with van der Waals surface area (Å²) in [5.41, 5.74) is 0. The van der Waals surface area contributed by atoms with Crippen molar-refractivity contribution in [2.45, 2.75) is 37.0 Å². The van der Waals surface area contributed by atoms with Crippen molar-refractivity contribution in [2.75, 3.05) is 37.3 Å². The number of likely N-dealkylation sites (N-methyl/N-ethyl adjacent to an activating group) is 1. The van der Waals surface area contributed by atoms with E-state index in [1.54, 1.807) is 0 Å². The third-order valence-corrected chi connectivity index (χ3v) is 5.05. The number of thioether (sulfide) groups is 1. The molecule has 0 aromatic carbocycles. The fourth-order valence-electron chi connectivity index (χ4n) is 2.59. The van der Waals surface area contributed by atoms with Crippen LogP contribution in [0.5, 0.6) is 0 Å². The molecule has 116 valence electrons. The first-order valence-electron chi connectivity index (χ1n) is 7.31. The molecule has 1 aromatic rings. The molecule has 1 aromatic heterocycles. The number of nitrogens with zero attached hydrogens (tertiary/aromatic N) is 5. The summed E-state index contributed by atoms with van der Waals surface area (Å²) in [6, 6.07) is 0.930. The summed E-state index contributed by atoms with van der Waals surface area (Å²) < 4.78 is 2.14. The van der Waals surface area contributed by atoms with Gasteiger partial charge in [-0.2, -0.15) is 0 Å². The van der Waals surface area contributed by atoms with E-state index in [2.05, 4.69) is 38.5 Å². The highest BCUT2D eigenvalue weighted by molar-refractivity contribution is 7.99. The van der Waals surface area contributed by atoms with E-state index in [9.17, 15) is 4.79 Å². The van der Waals surface area contributed by atoms with Gasteiger partial charge >= 0.3 is 5.97 Å². The second-order valence-corrected chi connectivity index (χ2v) is 6.78. The highest BCUT2D eigenvalue weighted by Gasteiger charge is 2.33. The zero-order chi connectivity index (χ0) is 15.0. The van der Waals surface area contributed by atoms with Gasteiger partial charge in [-0.05, 0) is 26.8 Å². The molecule has 2 aliphatic rings. The average Bonchev–Trinajstić information content (AvgIpc) is 3.19. The Morgan fingerprint density at radius 1 is 1.38 bits per heavy atom. The van der Waals surface area contributed by atoms with Gasteiger partial charge < -0.3 is 14.9 Å². The highest BCUT2D eigenvalue weighted by Crippen LogP contribution is 2.41. The number of hydrogen-bond acceptors (Lipinski definition) is 6. The lowest BCUT2D eigenvalue weighted by molar-refractivity contribution is -0.133. The maximum Gasteiger partial charge on any atom is 0.313 e. The van der Waals surface area contributed by atoms with Crippen molar-refractivity contribution in [1.29, 1.82) is 0 Å². The van der Waals surface area contributed by atoms with Gasteiger partial charge in [0.25, 0.3) is 0 Å². The van der Waals surface area contributed by atoms with Crippen molar-refractivity contribution in [1.82, 2.24) is 19.7 Å². The quantitative estimate of drug-likeness (QED) is 0.811. The minimum absolute atomic E-state index is 0.0317. The van der Waals surface area contributed by atoms with Gasteiger partial charge in [0.05, 0.1) is 5.75 Å². The normalized spacial score (nSPS) is 23.5. The van der Waals surface area contributed by atoms with Crippen molar-refractivity contribution in [3.05, 3.63) is 0 Å². The molecule has 0 spiro atoms. The fourth-order valence-corrected chi connectivity index (χ4v) is 3.31. The maximum absolute atomic E-state index is 10.8. The van der Waals surface area contributed by atoms with Crippen molar-refractivity contribution < 1.29 is 9.90 Å². The van der Waals surface area contributed by atoms with Crippen LogP contribution < -0.4 is 4.90 Å². The number of rotatable bonds is 5. The van der Waals surface area contributed by atoms with Crippen LogP contribution in [-0.4, -0.2) is 69.2 Å². The third kappa shape index (κ3) is 3.16. The second kappa shape index (κ2) is 5.84. The topological polar surface area (TPSA) is 74.5 Å². The van der Waals surface area contributed by atoms with Gasteiger partial charge in [0.15, 0.2) is 5.16 Å². The summed E-state index contributed by atoms with van der Waals surface area (Å²) in [5, 5.41) is 18.2. The summed E-state index contributed by atoms with van der Waals surface area (Å²) >= 11 is 1.26. The average molecular weight is 311 g/mol. The lowest BCUT2D eigenvalue weighted by Crippen LogP contribution is -2.50. The largest absolute Gasteiger partial charge is 0.481 e. The van der Waals surface area contributed by atoms with Crippen molar-refractivity contribution >= 4 is 23.7 Å². The van der Waals surface area contributed by atoms with Crippen LogP contribution in [0.2, 0.25) is 0 Å². The molecule has 3 rings (SSSR count). The molecular formula is C13H21N5O2S. The van der Waals surface area contributed by atoms with Gasteiger partial charge in [-0.25, -0.2) is 0 Å². The number of piperazine rings is 1. The Kier molecular flexibility index (Phi) is 4.08. The van der Waals surface area contributed by atoms with E-state index >= 15 is 0 Å². The smallest absolute Gasteiger partial charge is 0.313 e. The zero-order valence-corrected chi connectivity index (χ0v) is 13.2. The summed E-state index contributed by atoms with van der Waals surface area (Å²) in [5.74, 6) is 0.120. The second-order valence-electron chi connectivity index (χ2n) is 5.84. The lowest BCUT2D eigenvalue weighted by Gasteiger charge is -2.38. The van der Waals surface area contributed by atoms with Crippen LogP contribution in [0.3, 0.4) is 0 Å². The third-order valence-electron chi connectivity index (χ3n) is 4.13. The summed E-state index contributed by atoms with van der Waals surface area (Å²) in [7, 11) is 2.14. The number of aliphatic carboxylic acids is 1. The number of hydrogen-bond donors (Lipinski definition) is 1. The minimum Gasteiger partial charge on any atom is -0.481 e. The van der Waals surface area contributed by atoms with Crippen molar-refractivity contribution in [3.8, 4) is 0 Å². The Bertz CT molecular complexity index is 531. The number of carboxylic acid groups (broad SMARTS) is 1. The molecule has 1 saturated carbocycles. The molecule has 0 radical (unpaired) electrons. The van der Waals surface area contributed by atoms with Crippen LogP contribution in [-0.2, 0) is 4.79 Å². The first-order valence-corrected chi connectivity index (χ1v) is 8.29. The SMILES string of the molecule is CC1CN(c2nnc(SCC(=O)O)n2C2CC2)CCN1C. The van der Waals surface area contributed by atoms with Crippen LogP contribution in [0.25, 0.3) is 0 Å². The molecule has 1 atom stereocenters. The standard InChI is InChI=1S/C13H21N5O2S/c1-9-7-17(6-5-16(9)2)12-14-15-13(21-8-11(19)20)18(12)10-3-4-10/h9-10H,3-8H2,1-2H3,(H,19,20). The Morgan fingerprint density at radius 3 is 2.76 bits per heavy atom. The monoisotopic (exact) mass is 311 g/mol. The summed E-state index contributed by atoms with van der Waals surface area (Å²) in [4.78, 5) is 15.4. The van der Waals surface area contributed by atoms with Gasteiger partial charge in [0.1, 0.15) is 0 Å². The summed E-state index contributed by atoms with van der Waals surface area (Å²) in [6.07, 6.45) is 2.27. The van der Waals surface area contributed by atoms with Crippen LogP contribution in [0.15, 0.2) is 5.16 Å². The highest BCUT2D eigenvalue weighted by atomic mass is 32.2. The lowest BCUT2D eigenvalue weighted by atomic mass is 10.2. The Balaban J connectivity index is 1.80. The fraction of sp³-hybridized carbons (Fsp3) is 0.769. The zero-order valence-electron chi connectivity index (χ0n) is 12.4. The molecule has 1 unspecified atom stereocenters. The van der Waals surface area contributed by atoms with E-state index < -0.39 is 5.97 Å². The van der Waals surface area contributed by atoms with Gasteiger partial charge in [-0.1, -0.05) is 11.8 Å². The van der Waals surface area contributed by atoms with Crippen LogP contribution in [0.4, 0.5) is 5.95 Å².